The normalized spacial score (nSPS) is 15.7. The number of sulfonamides is 1. The van der Waals surface area contributed by atoms with E-state index in [0.717, 1.165) is 19.3 Å². The summed E-state index contributed by atoms with van der Waals surface area (Å²) in [4.78, 5) is 0.106. The number of para-hydroxylation sites is 1. The number of fused-ring (bicyclic) bond motifs is 1. The number of hydrogen-bond acceptors (Lipinski definition) is 5. The van der Waals surface area contributed by atoms with Crippen LogP contribution >= 0.6 is 0 Å². The Bertz CT molecular complexity index is 574. The van der Waals surface area contributed by atoms with Crippen molar-refractivity contribution in [3.63, 3.8) is 0 Å². The minimum Gasteiger partial charge on any atom is -0.486 e. The van der Waals surface area contributed by atoms with Crippen molar-refractivity contribution >= 4 is 10.0 Å². The summed E-state index contributed by atoms with van der Waals surface area (Å²) in [6, 6.07) is 4.59. The third-order valence-corrected chi connectivity index (χ3v) is 4.88. The summed E-state index contributed by atoms with van der Waals surface area (Å²) in [5.74, 6) is 0.740. The summed E-state index contributed by atoms with van der Waals surface area (Å²) in [6.07, 6.45) is 2.64. The standard InChI is InChI=1S/C14H22N2O4S/c1-2-3-5-11(10-15)16-21(17,18)13-7-4-6-12-14(13)20-9-8-19-12/h4,6-7,11,16H,2-3,5,8-10,15H2,1H3. The third kappa shape index (κ3) is 3.87. The van der Waals surface area contributed by atoms with Gasteiger partial charge < -0.3 is 15.2 Å². The molecule has 0 radical (unpaired) electrons. The largest absolute Gasteiger partial charge is 0.486 e. The summed E-state index contributed by atoms with van der Waals surface area (Å²) in [7, 11) is -3.68. The van der Waals surface area contributed by atoms with Crippen LogP contribution in [0.25, 0.3) is 0 Å². The molecule has 6 nitrogen and oxygen atoms in total. The molecule has 1 aromatic rings. The molecule has 0 amide bonds. The molecule has 21 heavy (non-hydrogen) atoms. The van der Waals surface area contributed by atoms with Crippen molar-refractivity contribution in [2.45, 2.75) is 37.1 Å². The van der Waals surface area contributed by atoms with E-state index in [-0.39, 0.29) is 23.2 Å². The molecule has 1 heterocycles. The molecule has 2 rings (SSSR count). The Hall–Kier alpha value is -1.31. The molecule has 1 atom stereocenters. The number of nitrogens with one attached hydrogen (secondary N) is 1. The minimum absolute atomic E-state index is 0.106. The summed E-state index contributed by atoms with van der Waals surface area (Å²) < 4.78 is 38.6. The zero-order valence-corrected chi connectivity index (χ0v) is 13.0. The quantitative estimate of drug-likeness (QED) is 0.790. The van der Waals surface area contributed by atoms with Gasteiger partial charge in [-0.2, -0.15) is 0 Å². The first kappa shape index (κ1) is 16.1. The van der Waals surface area contributed by atoms with Crippen molar-refractivity contribution in [3.8, 4) is 11.5 Å². The van der Waals surface area contributed by atoms with Crippen LogP contribution in [0, 0.1) is 0 Å². The van der Waals surface area contributed by atoms with Crippen LogP contribution in [0.15, 0.2) is 23.1 Å². The fourth-order valence-electron chi connectivity index (χ4n) is 2.22. The first-order valence-corrected chi connectivity index (χ1v) is 8.67. The zero-order valence-electron chi connectivity index (χ0n) is 12.2. The van der Waals surface area contributed by atoms with Gasteiger partial charge in [-0.05, 0) is 18.6 Å². The van der Waals surface area contributed by atoms with Gasteiger partial charge >= 0.3 is 0 Å². The average Bonchev–Trinajstić information content (AvgIpc) is 2.50. The van der Waals surface area contributed by atoms with Gasteiger partial charge in [0.2, 0.25) is 10.0 Å². The Kier molecular flexibility index (Phi) is 5.44. The second-order valence-electron chi connectivity index (χ2n) is 4.98. The van der Waals surface area contributed by atoms with E-state index in [0.29, 0.717) is 19.0 Å². The number of rotatable bonds is 7. The lowest BCUT2D eigenvalue weighted by Gasteiger charge is -2.22. The van der Waals surface area contributed by atoms with Gasteiger partial charge in [-0.1, -0.05) is 25.8 Å². The number of ether oxygens (including phenoxy) is 2. The molecule has 0 fully saturated rings. The Labute approximate surface area is 125 Å². The van der Waals surface area contributed by atoms with Gasteiger partial charge in [0, 0.05) is 12.6 Å². The SMILES string of the molecule is CCCCC(CN)NS(=O)(=O)c1cccc2c1OCCO2. The van der Waals surface area contributed by atoms with Crippen molar-refractivity contribution in [1.29, 1.82) is 0 Å². The second-order valence-corrected chi connectivity index (χ2v) is 6.66. The lowest BCUT2D eigenvalue weighted by Crippen LogP contribution is -2.40. The van der Waals surface area contributed by atoms with E-state index in [9.17, 15) is 8.42 Å². The van der Waals surface area contributed by atoms with Gasteiger partial charge in [-0.15, -0.1) is 0 Å². The molecule has 1 aliphatic heterocycles. The Morgan fingerprint density at radius 2 is 2.10 bits per heavy atom. The molecule has 0 bridgehead atoms. The summed E-state index contributed by atoms with van der Waals surface area (Å²) >= 11 is 0. The third-order valence-electron chi connectivity index (χ3n) is 3.33. The predicted octanol–water partition coefficient (Wildman–Crippen LogP) is 1.25. The number of nitrogens with two attached hydrogens (primary N) is 1. The fourth-order valence-corrected chi connectivity index (χ4v) is 3.66. The van der Waals surface area contributed by atoms with E-state index in [1.165, 1.54) is 6.07 Å². The highest BCUT2D eigenvalue weighted by atomic mass is 32.2. The van der Waals surface area contributed by atoms with E-state index >= 15 is 0 Å². The smallest absolute Gasteiger partial charge is 0.244 e. The van der Waals surface area contributed by atoms with Crippen LogP contribution in [0.4, 0.5) is 0 Å². The molecular formula is C14H22N2O4S. The molecule has 1 aliphatic rings. The van der Waals surface area contributed by atoms with Crippen molar-refractivity contribution < 1.29 is 17.9 Å². The average molecular weight is 314 g/mol. The molecular weight excluding hydrogens is 292 g/mol. The first-order chi connectivity index (χ1) is 10.1. The summed E-state index contributed by atoms with van der Waals surface area (Å²) in [6.45, 7) is 3.09. The van der Waals surface area contributed by atoms with Crippen LogP contribution in [0.5, 0.6) is 11.5 Å². The maximum absolute atomic E-state index is 12.5. The molecule has 0 saturated heterocycles. The van der Waals surface area contributed by atoms with Gasteiger partial charge in [0.05, 0.1) is 0 Å². The van der Waals surface area contributed by atoms with Crippen LogP contribution in [0.3, 0.4) is 0 Å². The molecule has 1 aromatic carbocycles. The van der Waals surface area contributed by atoms with Crippen LogP contribution in [-0.4, -0.2) is 34.2 Å². The van der Waals surface area contributed by atoms with Crippen molar-refractivity contribution in [2.75, 3.05) is 19.8 Å². The molecule has 0 aromatic heterocycles. The van der Waals surface area contributed by atoms with Gasteiger partial charge in [0.15, 0.2) is 11.5 Å². The first-order valence-electron chi connectivity index (χ1n) is 7.19. The molecule has 0 spiro atoms. The minimum atomic E-state index is -3.68. The predicted molar refractivity (Wildman–Crippen MR) is 80.1 cm³/mol. The molecule has 118 valence electrons. The number of hydrogen-bond donors (Lipinski definition) is 2. The number of benzene rings is 1. The van der Waals surface area contributed by atoms with Crippen molar-refractivity contribution in [2.24, 2.45) is 5.73 Å². The van der Waals surface area contributed by atoms with E-state index in [2.05, 4.69) is 11.6 Å². The maximum Gasteiger partial charge on any atom is 0.244 e. The second kappa shape index (κ2) is 7.11. The van der Waals surface area contributed by atoms with E-state index < -0.39 is 10.0 Å². The summed E-state index contributed by atoms with van der Waals surface area (Å²) in [5, 5.41) is 0. The van der Waals surface area contributed by atoms with E-state index in [1.807, 2.05) is 0 Å². The molecule has 3 N–H and O–H groups in total. The van der Waals surface area contributed by atoms with Gasteiger partial charge in [-0.25, -0.2) is 13.1 Å². The molecule has 0 saturated carbocycles. The Morgan fingerprint density at radius 3 is 2.81 bits per heavy atom. The molecule has 7 heteroatoms. The number of unbranched alkanes of at least 4 members (excludes halogenated alkanes) is 1. The van der Waals surface area contributed by atoms with E-state index in [1.54, 1.807) is 12.1 Å². The topological polar surface area (TPSA) is 90.7 Å². The Balaban J connectivity index is 2.23. The highest BCUT2D eigenvalue weighted by Gasteiger charge is 2.26. The van der Waals surface area contributed by atoms with Crippen LogP contribution < -0.4 is 19.9 Å². The lowest BCUT2D eigenvalue weighted by atomic mass is 10.1. The van der Waals surface area contributed by atoms with Crippen molar-refractivity contribution in [3.05, 3.63) is 18.2 Å². The van der Waals surface area contributed by atoms with Crippen LogP contribution in [-0.2, 0) is 10.0 Å². The van der Waals surface area contributed by atoms with Gasteiger partial charge in [0.25, 0.3) is 0 Å². The van der Waals surface area contributed by atoms with Crippen molar-refractivity contribution in [1.82, 2.24) is 4.72 Å². The monoisotopic (exact) mass is 314 g/mol. The molecule has 0 aliphatic carbocycles. The highest BCUT2D eigenvalue weighted by Crippen LogP contribution is 2.36. The van der Waals surface area contributed by atoms with Gasteiger partial charge in [-0.3, -0.25) is 0 Å². The van der Waals surface area contributed by atoms with E-state index in [4.69, 9.17) is 15.2 Å². The summed E-state index contributed by atoms with van der Waals surface area (Å²) in [5.41, 5.74) is 5.65. The lowest BCUT2D eigenvalue weighted by molar-refractivity contribution is 0.167. The highest BCUT2D eigenvalue weighted by molar-refractivity contribution is 7.89. The zero-order chi connectivity index (χ0) is 15.3. The fraction of sp³-hybridized carbons (Fsp3) is 0.571. The Morgan fingerprint density at radius 1 is 1.33 bits per heavy atom. The maximum atomic E-state index is 12.5. The van der Waals surface area contributed by atoms with Crippen LogP contribution in [0.2, 0.25) is 0 Å². The van der Waals surface area contributed by atoms with Gasteiger partial charge in [0.1, 0.15) is 18.1 Å². The molecule has 1 unspecified atom stereocenters. The van der Waals surface area contributed by atoms with Crippen LogP contribution in [0.1, 0.15) is 26.2 Å².